The summed E-state index contributed by atoms with van der Waals surface area (Å²) in [5.41, 5.74) is 0. The number of hydrogen-bond acceptors (Lipinski definition) is 2. The van der Waals surface area contributed by atoms with Crippen LogP contribution in [0.25, 0.3) is 0 Å². The molecule has 0 amide bonds. The third-order valence-electron chi connectivity index (χ3n) is 4.27. The van der Waals surface area contributed by atoms with E-state index in [1.54, 1.807) is 0 Å². The lowest BCUT2D eigenvalue weighted by atomic mass is 9.91. The Kier molecular flexibility index (Phi) is 8.70. The molecule has 0 aromatic heterocycles. The summed E-state index contributed by atoms with van der Waals surface area (Å²) >= 11 is 0. The molecule has 1 saturated carbocycles. The first-order valence-electron chi connectivity index (χ1n) is 8.30. The Labute approximate surface area is 115 Å². The molecule has 0 bridgehead atoms. The Balaban J connectivity index is 2.62. The second-order valence-electron chi connectivity index (χ2n) is 5.75. The van der Waals surface area contributed by atoms with E-state index >= 15 is 0 Å². The van der Waals surface area contributed by atoms with Gasteiger partial charge in [-0.2, -0.15) is 0 Å². The van der Waals surface area contributed by atoms with E-state index in [9.17, 15) is 0 Å². The van der Waals surface area contributed by atoms with Crippen LogP contribution in [-0.2, 0) is 0 Å². The quantitative estimate of drug-likeness (QED) is 0.743. The molecule has 0 aromatic carbocycles. The zero-order chi connectivity index (χ0) is 13.2. The van der Waals surface area contributed by atoms with Gasteiger partial charge in [0.2, 0.25) is 0 Å². The molecule has 0 heterocycles. The molecule has 0 spiro atoms. The molecule has 108 valence electrons. The molecule has 0 radical (unpaired) electrons. The smallest absolute Gasteiger partial charge is 0.0249 e. The largest absolute Gasteiger partial charge is 0.312 e. The SMILES string of the molecule is CCCNC1CCCCCCC1N(CC)CCC. The fourth-order valence-electron chi connectivity index (χ4n) is 3.32. The molecule has 2 heteroatoms. The van der Waals surface area contributed by atoms with Gasteiger partial charge in [0.05, 0.1) is 0 Å². The van der Waals surface area contributed by atoms with Crippen LogP contribution in [0.1, 0.15) is 72.1 Å². The van der Waals surface area contributed by atoms with Crippen molar-refractivity contribution in [3.63, 3.8) is 0 Å². The van der Waals surface area contributed by atoms with Crippen molar-refractivity contribution in [2.24, 2.45) is 0 Å². The second kappa shape index (κ2) is 9.80. The number of nitrogens with one attached hydrogen (secondary N) is 1. The molecule has 0 aliphatic heterocycles. The summed E-state index contributed by atoms with van der Waals surface area (Å²) in [5, 5.41) is 3.82. The summed E-state index contributed by atoms with van der Waals surface area (Å²) in [5.74, 6) is 0. The average Bonchev–Trinajstić information content (AvgIpc) is 2.36. The van der Waals surface area contributed by atoms with Gasteiger partial charge in [-0.15, -0.1) is 0 Å². The number of hydrogen-bond donors (Lipinski definition) is 1. The molecule has 1 aliphatic carbocycles. The maximum absolute atomic E-state index is 3.82. The average molecular weight is 254 g/mol. The Morgan fingerprint density at radius 2 is 1.67 bits per heavy atom. The number of nitrogens with zero attached hydrogens (tertiary/aromatic N) is 1. The van der Waals surface area contributed by atoms with E-state index in [-0.39, 0.29) is 0 Å². The Hall–Kier alpha value is -0.0800. The van der Waals surface area contributed by atoms with E-state index in [0.717, 1.165) is 12.1 Å². The van der Waals surface area contributed by atoms with Gasteiger partial charge in [0.15, 0.2) is 0 Å². The van der Waals surface area contributed by atoms with Crippen molar-refractivity contribution in [1.29, 1.82) is 0 Å². The standard InChI is InChI=1S/C16H34N2/c1-4-13-17-15-11-9-7-8-10-12-16(15)18(6-3)14-5-2/h15-17H,4-14H2,1-3H3. The maximum Gasteiger partial charge on any atom is 0.0249 e. The van der Waals surface area contributed by atoms with Gasteiger partial charge in [-0.25, -0.2) is 0 Å². The minimum absolute atomic E-state index is 0.733. The topological polar surface area (TPSA) is 15.3 Å². The van der Waals surface area contributed by atoms with Crippen molar-refractivity contribution in [2.45, 2.75) is 84.2 Å². The molecule has 2 unspecified atom stereocenters. The molecule has 0 aromatic rings. The molecule has 1 fully saturated rings. The summed E-state index contributed by atoms with van der Waals surface area (Å²) in [6.07, 6.45) is 11.0. The normalized spacial score (nSPS) is 26.0. The maximum atomic E-state index is 3.82. The van der Waals surface area contributed by atoms with Gasteiger partial charge in [-0.1, -0.05) is 46.5 Å². The summed E-state index contributed by atoms with van der Waals surface area (Å²) in [4.78, 5) is 2.72. The van der Waals surface area contributed by atoms with Crippen LogP contribution in [0.15, 0.2) is 0 Å². The molecule has 1 N–H and O–H groups in total. The second-order valence-corrected chi connectivity index (χ2v) is 5.75. The zero-order valence-electron chi connectivity index (χ0n) is 12.9. The third kappa shape index (κ3) is 5.27. The van der Waals surface area contributed by atoms with Gasteiger partial charge >= 0.3 is 0 Å². The lowest BCUT2D eigenvalue weighted by Gasteiger charge is -2.38. The van der Waals surface area contributed by atoms with E-state index in [4.69, 9.17) is 0 Å². The molecular formula is C16H34N2. The molecule has 1 aliphatic rings. The molecule has 1 rings (SSSR count). The van der Waals surface area contributed by atoms with Gasteiger partial charge < -0.3 is 5.32 Å². The first-order valence-corrected chi connectivity index (χ1v) is 8.30. The lowest BCUT2D eigenvalue weighted by Crippen LogP contribution is -2.51. The predicted octanol–water partition coefficient (Wildman–Crippen LogP) is 3.81. The molecule has 2 atom stereocenters. The highest BCUT2D eigenvalue weighted by molar-refractivity contribution is 4.85. The first-order chi connectivity index (χ1) is 8.83. The summed E-state index contributed by atoms with van der Waals surface area (Å²) in [6.45, 7) is 10.6. The molecule has 18 heavy (non-hydrogen) atoms. The van der Waals surface area contributed by atoms with E-state index in [2.05, 4.69) is 31.0 Å². The fourth-order valence-corrected chi connectivity index (χ4v) is 3.32. The molecule has 2 nitrogen and oxygen atoms in total. The molecular weight excluding hydrogens is 220 g/mol. The van der Waals surface area contributed by atoms with Gasteiger partial charge in [0, 0.05) is 12.1 Å². The predicted molar refractivity (Wildman–Crippen MR) is 81.1 cm³/mol. The highest BCUT2D eigenvalue weighted by Crippen LogP contribution is 2.22. The molecule has 0 saturated heterocycles. The van der Waals surface area contributed by atoms with Gasteiger partial charge in [-0.05, 0) is 45.3 Å². The zero-order valence-corrected chi connectivity index (χ0v) is 12.9. The van der Waals surface area contributed by atoms with Crippen LogP contribution in [0.5, 0.6) is 0 Å². The van der Waals surface area contributed by atoms with Crippen LogP contribution < -0.4 is 5.32 Å². The Morgan fingerprint density at radius 3 is 2.28 bits per heavy atom. The Bertz CT molecular complexity index is 192. The Morgan fingerprint density at radius 1 is 0.944 bits per heavy atom. The van der Waals surface area contributed by atoms with Gasteiger partial charge in [0.25, 0.3) is 0 Å². The number of likely N-dealkylation sites (N-methyl/N-ethyl adjacent to an activating group) is 1. The van der Waals surface area contributed by atoms with E-state index in [1.165, 1.54) is 71.0 Å². The summed E-state index contributed by atoms with van der Waals surface area (Å²) in [7, 11) is 0. The third-order valence-corrected chi connectivity index (χ3v) is 4.27. The van der Waals surface area contributed by atoms with Gasteiger partial charge in [0.1, 0.15) is 0 Å². The van der Waals surface area contributed by atoms with Crippen molar-refractivity contribution >= 4 is 0 Å². The monoisotopic (exact) mass is 254 g/mol. The minimum atomic E-state index is 0.733. The van der Waals surface area contributed by atoms with E-state index in [1.807, 2.05) is 0 Å². The highest BCUT2D eigenvalue weighted by Gasteiger charge is 2.26. The first kappa shape index (κ1) is 16.0. The fraction of sp³-hybridized carbons (Fsp3) is 1.00. The summed E-state index contributed by atoms with van der Waals surface area (Å²) in [6, 6.07) is 1.51. The van der Waals surface area contributed by atoms with Crippen molar-refractivity contribution in [3.05, 3.63) is 0 Å². The van der Waals surface area contributed by atoms with Crippen LogP contribution >= 0.6 is 0 Å². The number of rotatable bonds is 7. The van der Waals surface area contributed by atoms with E-state index in [0.29, 0.717) is 0 Å². The van der Waals surface area contributed by atoms with Gasteiger partial charge in [-0.3, -0.25) is 4.90 Å². The van der Waals surface area contributed by atoms with Crippen LogP contribution in [0.2, 0.25) is 0 Å². The van der Waals surface area contributed by atoms with Crippen molar-refractivity contribution in [3.8, 4) is 0 Å². The van der Waals surface area contributed by atoms with Crippen LogP contribution in [0.4, 0.5) is 0 Å². The lowest BCUT2D eigenvalue weighted by molar-refractivity contribution is 0.139. The van der Waals surface area contributed by atoms with Crippen molar-refractivity contribution < 1.29 is 0 Å². The van der Waals surface area contributed by atoms with E-state index < -0.39 is 0 Å². The van der Waals surface area contributed by atoms with Crippen LogP contribution in [0.3, 0.4) is 0 Å². The van der Waals surface area contributed by atoms with Crippen molar-refractivity contribution in [2.75, 3.05) is 19.6 Å². The summed E-state index contributed by atoms with van der Waals surface area (Å²) < 4.78 is 0. The highest BCUT2D eigenvalue weighted by atomic mass is 15.2. The van der Waals surface area contributed by atoms with Crippen LogP contribution in [-0.4, -0.2) is 36.6 Å². The minimum Gasteiger partial charge on any atom is -0.312 e. The van der Waals surface area contributed by atoms with Crippen molar-refractivity contribution in [1.82, 2.24) is 10.2 Å². The van der Waals surface area contributed by atoms with Crippen LogP contribution in [0, 0.1) is 0 Å².